The maximum Gasteiger partial charge on any atom is 0.417 e. The monoisotopic (exact) mass is 485 g/mol. The number of halogens is 4. The summed E-state index contributed by atoms with van der Waals surface area (Å²) in [6.07, 6.45) is 0.756. The van der Waals surface area contributed by atoms with Crippen LogP contribution in [0.1, 0.15) is 49.5 Å². The van der Waals surface area contributed by atoms with E-state index in [1.165, 1.54) is 30.7 Å². The van der Waals surface area contributed by atoms with Crippen molar-refractivity contribution >= 4 is 27.3 Å². The number of hydrogen-bond acceptors (Lipinski definition) is 5. The van der Waals surface area contributed by atoms with Gasteiger partial charge >= 0.3 is 6.18 Å². The molecular weight excluding hydrogens is 467 g/mol. The van der Waals surface area contributed by atoms with E-state index in [1.54, 1.807) is 0 Å². The highest BCUT2D eigenvalue weighted by molar-refractivity contribution is 7.92. The van der Waals surface area contributed by atoms with Gasteiger partial charge in [-0.3, -0.25) is 4.72 Å². The SMILES string of the molecule is O=S(=O)(Nc1ccc(Cl)c(C(F)(F)F)c1)c1ccc(-c2nnc(C3CCCCC3)o2)cc1. The molecule has 1 fully saturated rings. The Balaban J connectivity index is 1.52. The molecule has 0 atom stereocenters. The highest BCUT2D eigenvalue weighted by Crippen LogP contribution is 2.37. The molecular formula is C21H19ClF3N3O3S. The van der Waals surface area contributed by atoms with E-state index in [2.05, 4.69) is 14.9 Å². The predicted molar refractivity (Wildman–Crippen MR) is 113 cm³/mol. The Morgan fingerprint density at radius 1 is 1.00 bits per heavy atom. The lowest BCUT2D eigenvalue weighted by Gasteiger charge is -2.17. The van der Waals surface area contributed by atoms with Crippen molar-refractivity contribution in [3.8, 4) is 11.5 Å². The lowest BCUT2D eigenvalue weighted by Crippen LogP contribution is -2.14. The molecule has 2 aromatic carbocycles. The number of sulfonamides is 1. The number of hydrogen-bond donors (Lipinski definition) is 1. The van der Waals surface area contributed by atoms with Crippen LogP contribution in [0.4, 0.5) is 18.9 Å². The first-order valence-corrected chi connectivity index (χ1v) is 11.8. The second-order valence-corrected chi connectivity index (χ2v) is 9.69. The summed E-state index contributed by atoms with van der Waals surface area (Å²) in [6.45, 7) is 0. The van der Waals surface area contributed by atoms with Crippen molar-refractivity contribution in [2.45, 2.75) is 49.1 Å². The zero-order valence-corrected chi connectivity index (χ0v) is 18.3. The molecule has 0 radical (unpaired) electrons. The zero-order valence-electron chi connectivity index (χ0n) is 16.7. The number of benzene rings is 2. The average Bonchev–Trinajstić information content (AvgIpc) is 3.25. The summed E-state index contributed by atoms with van der Waals surface area (Å²) in [5.41, 5.74) is -0.830. The van der Waals surface area contributed by atoms with E-state index in [9.17, 15) is 21.6 Å². The fraction of sp³-hybridized carbons (Fsp3) is 0.333. The minimum Gasteiger partial charge on any atom is -0.420 e. The predicted octanol–water partition coefficient (Wildman–Crippen LogP) is 6.26. The van der Waals surface area contributed by atoms with Gasteiger partial charge in [0.2, 0.25) is 11.8 Å². The van der Waals surface area contributed by atoms with Gasteiger partial charge in [-0.2, -0.15) is 13.2 Å². The summed E-state index contributed by atoms with van der Waals surface area (Å²) in [5, 5.41) is 7.67. The van der Waals surface area contributed by atoms with Gasteiger partial charge in [-0.15, -0.1) is 10.2 Å². The van der Waals surface area contributed by atoms with Gasteiger partial charge in [0.1, 0.15) is 0 Å². The third-order valence-electron chi connectivity index (χ3n) is 5.33. The summed E-state index contributed by atoms with van der Waals surface area (Å²) in [4.78, 5) is -0.128. The maximum atomic E-state index is 13.0. The summed E-state index contributed by atoms with van der Waals surface area (Å²) in [5.74, 6) is 1.12. The van der Waals surface area contributed by atoms with Crippen molar-refractivity contribution in [2.24, 2.45) is 0 Å². The van der Waals surface area contributed by atoms with Crippen LogP contribution in [0.3, 0.4) is 0 Å². The standard InChI is InChI=1S/C21H19ClF3N3O3S/c22-18-11-8-15(12-17(18)21(23,24)25)28-32(29,30)16-9-6-14(7-10-16)20-27-26-19(31-20)13-4-2-1-3-5-13/h6-13,28H,1-5H2. The fourth-order valence-corrected chi connectivity index (χ4v) is 4.94. The van der Waals surface area contributed by atoms with E-state index in [4.69, 9.17) is 16.0 Å². The molecule has 0 amide bonds. The van der Waals surface area contributed by atoms with Crippen molar-refractivity contribution in [3.05, 3.63) is 58.9 Å². The molecule has 1 N–H and O–H groups in total. The normalized spacial score (nSPS) is 15.6. The number of anilines is 1. The van der Waals surface area contributed by atoms with E-state index >= 15 is 0 Å². The zero-order chi connectivity index (χ0) is 22.9. The maximum absolute atomic E-state index is 13.0. The second-order valence-electron chi connectivity index (χ2n) is 7.60. The first kappa shape index (κ1) is 22.6. The van der Waals surface area contributed by atoms with Gasteiger partial charge < -0.3 is 4.42 Å². The Bertz CT molecular complexity index is 1210. The molecule has 0 saturated heterocycles. The minimum atomic E-state index is -4.71. The minimum absolute atomic E-state index is 0.128. The largest absolute Gasteiger partial charge is 0.420 e. The van der Waals surface area contributed by atoms with Crippen LogP contribution < -0.4 is 4.72 Å². The van der Waals surface area contributed by atoms with Gasteiger partial charge in [0, 0.05) is 17.2 Å². The average molecular weight is 486 g/mol. The van der Waals surface area contributed by atoms with Gasteiger partial charge in [-0.1, -0.05) is 30.9 Å². The summed E-state index contributed by atoms with van der Waals surface area (Å²) < 4.78 is 72.3. The van der Waals surface area contributed by atoms with Gasteiger partial charge in [0.15, 0.2) is 0 Å². The molecule has 0 spiro atoms. The van der Waals surface area contributed by atoms with Gasteiger partial charge in [-0.05, 0) is 55.3 Å². The number of rotatable bonds is 5. The molecule has 6 nitrogen and oxygen atoms in total. The van der Waals surface area contributed by atoms with Gasteiger partial charge in [-0.25, -0.2) is 8.42 Å². The molecule has 0 aliphatic heterocycles. The molecule has 32 heavy (non-hydrogen) atoms. The topological polar surface area (TPSA) is 85.1 Å². The van der Waals surface area contributed by atoms with Gasteiger partial charge in [0.05, 0.1) is 15.5 Å². The highest BCUT2D eigenvalue weighted by atomic mass is 35.5. The van der Waals surface area contributed by atoms with Crippen molar-refractivity contribution in [1.82, 2.24) is 10.2 Å². The lowest BCUT2D eigenvalue weighted by molar-refractivity contribution is -0.137. The molecule has 4 rings (SSSR count). The van der Waals surface area contributed by atoms with Crippen LogP contribution in [0.5, 0.6) is 0 Å². The Labute approximate surface area is 187 Å². The molecule has 1 aliphatic carbocycles. The Morgan fingerprint density at radius 2 is 1.69 bits per heavy atom. The quantitative estimate of drug-likeness (QED) is 0.461. The van der Waals surface area contributed by atoms with Crippen LogP contribution in [-0.2, 0) is 16.2 Å². The second kappa shape index (κ2) is 8.74. The summed E-state index contributed by atoms with van der Waals surface area (Å²) in [7, 11) is -4.13. The van der Waals surface area contributed by atoms with Crippen molar-refractivity contribution in [2.75, 3.05) is 4.72 Å². The van der Waals surface area contributed by atoms with Crippen LogP contribution in [0, 0.1) is 0 Å². The van der Waals surface area contributed by atoms with E-state index in [1.807, 2.05) is 0 Å². The van der Waals surface area contributed by atoms with Crippen LogP contribution in [0.15, 0.2) is 51.8 Å². The van der Waals surface area contributed by atoms with Crippen LogP contribution in [-0.4, -0.2) is 18.6 Å². The summed E-state index contributed by atoms with van der Waals surface area (Å²) >= 11 is 5.58. The third-order valence-corrected chi connectivity index (χ3v) is 7.06. The number of alkyl halides is 3. The van der Waals surface area contributed by atoms with Crippen molar-refractivity contribution in [1.29, 1.82) is 0 Å². The molecule has 1 aliphatic rings. The van der Waals surface area contributed by atoms with Crippen LogP contribution >= 0.6 is 11.6 Å². The van der Waals surface area contributed by atoms with E-state index in [-0.39, 0.29) is 22.4 Å². The van der Waals surface area contributed by atoms with Crippen LogP contribution in [0.2, 0.25) is 5.02 Å². The first-order valence-electron chi connectivity index (χ1n) is 9.97. The molecule has 1 saturated carbocycles. The molecule has 11 heteroatoms. The van der Waals surface area contributed by atoms with E-state index < -0.39 is 26.8 Å². The van der Waals surface area contributed by atoms with Gasteiger partial charge in [0.25, 0.3) is 10.0 Å². The first-order chi connectivity index (χ1) is 15.1. The molecule has 3 aromatic rings. The number of nitrogens with one attached hydrogen (secondary N) is 1. The highest BCUT2D eigenvalue weighted by Gasteiger charge is 2.33. The number of aromatic nitrogens is 2. The molecule has 0 bridgehead atoms. The Kier molecular flexibility index (Phi) is 6.17. The molecule has 1 aromatic heterocycles. The summed E-state index contributed by atoms with van der Waals surface area (Å²) in [6, 6.07) is 8.47. The Morgan fingerprint density at radius 3 is 2.34 bits per heavy atom. The Hall–Kier alpha value is -2.59. The third kappa shape index (κ3) is 4.91. The fourth-order valence-electron chi connectivity index (χ4n) is 3.66. The molecule has 1 heterocycles. The smallest absolute Gasteiger partial charge is 0.417 e. The van der Waals surface area contributed by atoms with Crippen molar-refractivity contribution < 1.29 is 26.0 Å². The van der Waals surface area contributed by atoms with Crippen molar-refractivity contribution in [3.63, 3.8) is 0 Å². The number of nitrogens with zero attached hydrogens (tertiary/aromatic N) is 2. The van der Waals surface area contributed by atoms with E-state index in [0.29, 0.717) is 17.5 Å². The van der Waals surface area contributed by atoms with Crippen LogP contribution in [0.25, 0.3) is 11.5 Å². The molecule has 170 valence electrons. The molecule has 0 unspecified atom stereocenters. The van der Waals surface area contributed by atoms with E-state index in [0.717, 1.165) is 37.8 Å². The lowest BCUT2D eigenvalue weighted by atomic mass is 9.89.